The normalized spacial score (nSPS) is 17.8. The van der Waals surface area contributed by atoms with Crippen molar-refractivity contribution in [3.05, 3.63) is 28.2 Å². The molecule has 2 N–H and O–H groups in total. The van der Waals surface area contributed by atoms with Crippen molar-refractivity contribution < 1.29 is 13.2 Å². The van der Waals surface area contributed by atoms with Gasteiger partial charge >= 0.3 is 0 Å². The topological polar surface area (TPSA) is 72.6 Å². The molecule has 0 unspecified atom stereocenters. The number of hydrogen-bond donors (Lipinski definition) is 1. The van der Waals surface area contributed by atoms with E-state index in [0.29, 0.717) is 35.6 Å². The van der Waals surface area contributed by atoms with Crippen molar-refractivity contribution in [1.82, 2.24) is 4.31 Å². The van der Waals surface area contributed by atoms with E-state index in [4.69, 9.17) is 10.5 Å². The molecule has 2 rings (SSSR count). The maximum atomic E-state index is 12.8. The summed E-state index contributed by atoms with van der Waals surface area (Å²) in [5.74, 6) is 0. The zero-order valence-electron chi connectivity index (χ0n) is 12.8. The van der Waals surface area contributed by atoms with Crippen LogP contribution >= 0.6 is 15.9 Å². The number of piperidine rings is 1. The molecule has 1 aliphatic heterocycles. The quantitative estimate of drug-likeness (QED) is 0.756. The Morgan fingerprint density at radius 2 is 2.05 bits per heavy atom. The van der Waals surface area contributed by atoms with Crippen molar-refractivity contribution in [2.45, 2.75) is 37.2 Å². The average Bonchev–Trinajstić information content (AvgIpc) is 2.50. The van der Waals surface area contributed by atoms with Gasteiger partial charge in [0.2, 0.25) is 10.0 Å². The van der Waals surface area contributed by atoms with Gasteiger partial charge in [0, 0.05) is 24.2 Å². The van der Waals surface area contributed by atoms with Gasteiger partial charge in [0.05, 0.1) is 11.0 Å². The fourth-order valence-electron chi connectivity index (χ4n) is 2.52. The van der Waals surface area contributed by atoms with Gasteiger partial charge in [0.25, 0.3) is 0 Å². The van der Waals surface area contributed by atoms with Crippen LogP contribution < -0.4 is 5.73 Å². The smallest absolute Gasteiger partial charge is 0.244 e. The van der Waals surface area contributed by atoms with Gasteiger partial charge in [-0.3, -0.25) is 0 Å². The second kappa shape index (κ2) is 7.88. The van der Waals surface area contributed by atoms with Crippen LogP contribution in [0.3, 0.4) is 0 Å². The molecule has 0 amide bonds. The number of benzene rings is 1. The summed E-state index contributed by atoms with van der Waals surface area (Å²) in [5.41, 5.74) is 6.37. The van der Waals surface area contributed by atoms with E-state index in [1.807, 2.05) is 13.0 Å². The SMILES string of the molecule is Cc1ccc(Br)c(S(=O)(=O)N2CCC(OCCCN)CC2)c1. The average molecular weight is 391 g/mol. The number of aryl methyl sites for hydroxylation is 1. The Kier molecular flexibility index (Phi) is 6.40. The van der Waals surface area contributed by atoms with Crippen LogP contribution in [0.15, 0.2) is 27.6 Å². The van der Waals surface area contributed by atoms with Crippen LogP contribution in [-0.2, 0) is 14.8 Å². The maximum absolute atomic E-state index is 12.8. The van der Waals surface area contributed by atoms with E-state index >= 15 is 0 Å². The minimum absolute atomic E-state index is 0.138. The highest BCUT2D eigenvalue weighted by Gasteiger charge is 2.31. The van der Waals surface area contributed by atoms with E-state index < -0.39 is 10.0 Å². The first kappa shape index (κ1) is 17.9. The predicted molar refractivity (Wildman–Crippen MR) is 90.3 cm³/mol. The second-order valence-electron chi connectivity index (χ2n) is 5.55. The number of rotatable bonds is 6. The molecule has 0 aliphatic carbocycles. The van der Waals surface area contributed by atoms with Crippen LogP contribution in [0, 0.1) is 6.92 Å². The second-order valence-corrected chi connectivity index (χ2v) is 8.31. The summed E-state index contributed by atoms with van der Waals surface area (Å²) in [6.07, 6.45) is 2.44. The molecule has 1 saturated heterocycles. The molecule has 0 saturated carbocycles. The first-order chi connectivity index (χ1) is 10.4. The summed E-state index contributed by atoms with van der Waals surface area (Å²) in [4.78, 5) is 0.343. The van der Waals surface area contributed by atoms with E-state index in [2.05, 4.69) is 15.9 Å². The van der Waals surface area contributed by atoms with Crippen LogP contribution in [-0.4, -0.2) is 45.1 Å². The van der Waals surface area contributed by atoms with Crippen molar-refractivity contribution in [2.75, 3.05) is 26.2 Å². The molecule has 1 aromatic rings. The lowest BCUT2D eigenvalue weighted by Crippen LogP contribution is -2.41. The van der Waals surface area contributed by atoms with Crippen LogP contribution in [0.1, 0.15) is 24.8 Å². The van der Waals surface area contributed by atoms with Gasteiger partial charge in [-0.25, -0.2) is 8.42 Å². The fraction of sp³-hybridized carbons (Fsp3) is 0.600. The Labute approximate surface area is 141 Å². The molecule has 1 heterocycles. The summed E-state index contributed by atoms with van der Waals surface area (Å²) in [6.45, 7) is 4.15. The van der Waals surface area contributed by atoms with Crippen LogP contribution in [0.25, 0.3) is 0 Å². The highest BCUT2D eigenvalue weighted by molar-refractivity contribution is 9.10. The lowest BCUT2D eigenvalue weighted by molar-refractivity contribution is 0.0209. The van der Waals surface area contributed by atoms with Gasteiger partial charge < -0.3 is 10.5 Å². The van der Waals surface area contributed by atoms with Crippen molar-refractivity contribution in [1.29, 1.82) is 0 Å². The summed E-state index contributed by atoms with van der Waals surface area (Å²) < 4.78 is 33.4. The molecule has 1 aromatic carbocycles. The summed E-state index contributed by atoms with van der Waals surface area (Å²) in [6, 6.07) is 5.38. The third-order valence-electron chi connectivity index (χ3n) is 3.81. The number of nitrogens with two attached hydrogens (primary N) is 1. The van der Waals surface area contributed by atoms with E-state index in [1.165, 1.54) is 0 Å². The Bertz CT molecular complexity index is 599. The summed E-state index contributed by atoms with van der Waals surface area (Å²) >= 11 is 3.34. The van der Waals surface area contributed by atoms with E-state index in [1.54, 1.807) is 16.4 Å². The van der Waals surface area contributed by atoms with Crippen molar-refractivity contribution >= 4 is 26.0 Å². The van der Waals surface area contributed by atoms with Crippen molar-refractivity contribution in [2.24, 2.45) is 5.73 Å². The Balaban J connectivity index is 2.02. The Hall–Kier alpha value is -0.470. The van der Waals surface area contributed by atoms with Crippen LogP contribution in [0.2, 0.25) is 0 Å². The third-order valence-corrected chi connectivity index (χ3v) is 6.70. The third kappa shape index (κ3) is 4.29. The van der Waals surface area contributed by atoms with Gasteiger partial charge in [-0.2, -0.15) is 4.31 Å². The lowest BCUT2D eigenvalue weighted by atomic mass is 10.1. The molecule has 1 fully saturated rings. The van der Waals surface area contributed by atoms with E-state index in [0.717, 1.165) is 24.8 Å². The highest BCUT2D eigenvalue weighted by Crippen LogP contribution is 2.28. The van der Waals surface area contributed by atoms with Crippen LogP contribution in [0.4, 0.5) is 0 Å². The molecule has 5 nitrogen and oxygen atoms in total. The monoisotopic (exact) mass is 390 g/mol. The number of hydrogen-bond acceptors (Lipinski definition) is 4. The maximum Gasteiger partial charge on any atom is 0.244 e. The first-order valence-corrected chi connectivity index (χ1v) is 9.76. The summed E-state index contributed by atoms with van der Waals surface area (Å²) in [7, 11) is -3.45. The standard InChI is InChI=1S/C15H23BrN2O3S/c1-12-3-4-14(16)15(11-12)22(19,20)18-8-5-13(6-9-18)21-10-2-7-17/h3-4,11,13H,2,5-10,17H2,1H3. The first-order valence-electron chi connectivity index (χ1n) is 7.53. The molecule has 1 aliphatic rings. The summed E-state index contributed by atoms with van der Waals surface area (Å²) in [5, 5.41) is 0. The van der Waals surface area contributed by atoms with Crippen molar-refractivity contribution in [3.63, 3.8) is 0 Å². The zero-order valence-corrected chi connectivity index (χ0v) is 15.2. The molecule has 22 heavy (non-hydrogen) atoms. The largest absolute Gasteiger partial charge is 0.378 e. The van der Waals surface area contributed by atoms with Crippen LogP contribution in [0.5, 0.6) is 0 Å². The molecule has 0 atom stereocenters. The van der Waals surface area contributed by atoms with E-state index in [-0.39, 0.29) is 6.10 Å². The molecule has 0 aromatic heterocycles. The van der Waals surface area contributed by atoms with Gasteiger partial charge in [-0.15, -0.1) is 0 Å². The fourth-order valence-corrected chi connectivity index (χ4v) is 5.00. The molecule has 124 valence electrons. The molecule has 0 radical (unpaired) electrons. The predicted octanol–water partition coefficient (Wildman–Crippen LogP) is 2.28. The molecular formula is C15H23BrN2O3S. The Morgan fingerprint density at radius 1 is 1.36 bits per heavy atom. The van der Waals surface area contributed by atoms with Crippen molar-refractivity contribution in [3.8, 4) is 0 Å². The molecule has 0 spiro atoms. The molecular weight excluding hydrogens is 368 g/mol. The Morgan fingerprint density at radius 3 is 2.68 bits per heavy atom. The molecule has 7 heteroatoms. The number of sulfonamides is 1. The zero-order chi connectivity index (χ0) is 16.2. The minimum Gasteiger partial charge on any atom is -0.378 e. The molecule has 0 bridgehead atoms. The van der Waals surface area contributed by atoms with Gasteiger partial charge in [0.1, 0.15) is 0 Å². The highest BCUT2D eigenvalue weighted by atomic mass is 79.9. The van der Waals surface area contributed by atoms with Gasteiger partial charge in [-0.1, -0.05) is 6.07 Å². The number of halogens is 1. The van der Waals surface area contributed by atoms with Gasteiger partial charge in [0.15, 0.2) is 0 Å². The minimum atomic E-state index is -3.45. The lowest BCUT2D eigenvalue weighted by Gasteiger charge is -2.31. The van der Waals surface area contributed by atoms with Gasteiger partial charge in [-0.05, 0) is 66.4 Å². The number of nitrogens with zero attached hydrogens (tertiary/aromatic N) is 1. The number of ether oxygens (including phenoxy) is 1. The van der Waals surface area contributed by atoms with E-state index in [9.17, 15) is 8.42 Å².